The molecule has 0 atom stereocenters. The summed E-state index contributed by atoms with van der Waals surface area (Å²) in [5.74, 6) is -0.758. The van der Waals surface area contributed by atoms with E-state index in [2.05, 4.69) is 5.32 Å². The zero-order valence-corrected chi connectivity index (χ0v) is 10.6. The number of benzene rings is 1. The predicted octanol–water partition coefficient (Wildman–Crippen LogP) is 1.02. The Labute approximate surface area is 111 Å². The largest absolute Gasteiger partial charge is 0.400 e. The maximum atomic E-state index is 11.6. The van der Waals surface area contributed by atoms with E-state index >= 15 is 0 Å². The highest BCUT2D eigenvalue weighted by Crippen LogP contribution is 2.04. The molecule has 0 heterocycles. The fraction of sp³-hybridized carbons (Fsp3) is 0.214. The molecule has 0 saturated heterocycles. The van der Waals surface area contributed by atoms with Gasteiger partial charge in [0.1, 0.15) is 11.6 Å². The van der Waals surface area contributed by atoms with E-state index in [1.165, 1.54) is 6.92 Å². The lowest BCUT2D eigenvalue weighted by atomic mass is 10.1. The molecule has 98 valence electrons. The van der Waals surface area contributed by atoms with Crippen LogP contribution in [-0.2, 0) is 16.1 Å². The molecule has 1 aromatic rings. The Balaban J connectivity index is 2.57. The van der Waals surface area contributed by atoms with Crippen LogP contribution in [0.1, 0.15) is 18.9 Å². The van der Waals surface area contributed by atoms with Crippen molar-refractivity contribution in [3.63, 3.8) is 0 Å². The first-order valence-corrected chi connectivity index (χ1v) is 5.75. The third kappa shape index (κ3) is 4.64. The number of Topliss-reactive ketones (excluding diaryl/α,β-unsaturated/α-hetero) is 1. The number of hydrogen-bond donors (Lipinski definition) is 2. The Hall–Kier alpha value is -2.61. The van der Waals surface area contributed by atoms with Crippen molar-refractivity contribution in [3.05, 3.63) is 47.2 Å². The molecular weight excluding hydrogens is 242 g/mol. The first kappa shape index (κ1) is 14.5. The summed E-state index contributed by atoms with van der Waals surface area (Å²) >= 11 is 0. The van der Waals surface area contributed by atoms with Crippen LogP contribution in [0, 0.1) is 11.3 Å². The highest BCUT2D eigenvalue weighted by atomic mass is 16.1. The van der Waals surface area contributed by atoms with Crippen LogP contribution < -0.4 is 11.1 Å². The van der Waals surface area contributed by atoms with Gasteiger partial charge in [-0.1, -0.05) is 30.3 Å². The van der Waals surface area contributed by atoms with Gasteiger partial charge < -0.3 is 11.1 Å². The lowest BCUT2D eigenvalue weighted by Crippen LogP contribution is -2.25. The molecule has 3 N–H and O–H groups in total. The lowest BCUT2D eigenvalue weighted by Gasteiger charge is -2.06. The maximum absolute atomic E-state index is 11.6. The minimum atomic E-state index is -0.434. The van der Waals surface area contributed by atoms with Crippen molar-refractivity contribution in [3.8, 4) is 6.07 Å². The molecule has 5 heteroatoms. The van der Waals surface area contributed by atoms with Crippen LogP contribution in [0.25, 0.3) is 0 Å². The van der Waals surface area contributed by atoms with Crippen molar-refractivity contribution in [2.24, 2.45) is 5.73 Å². The highest BCUT2D eigenvalue weighted by molar-refractivity contribution is 5.98. The number of nitriles is 1. The van der Waals surface area contributed by atoms with Crippen molar-refractivity contribution in [1.82, 2.24) is 5.32 Å². The molecule has 0 saturated carbocycles. The van der Waals surface area contributed by atoms with E-state index in [4.69, 9.17) is 11.0 Å². The molecule has 0 aliphatic rings. The molecule has 0 bridgehead atoms. The van der Waals surface area contributed by atoms with Gasteiger partial charge in [0.05, 0.1) is 6.42 Å². The normalized spacial score (nSPS) is 11.2. The molecule has 5 nitrogen and oxygen atoms in total. The summed E-state index contributed by atoms with van der Waals surface area (Å²) in [5, 5.41) is 11.4. The Bertz CT molecular complexity index is 542. The van der Waals surface area contributed by atoms with Gasteiger partial charge in [0, 0.05) is 12.2 Å². The van der Waals surface area contributed by atoms with E-state index in [-0.39, 0.29) is 23.6 Å². The smallest absolute Gasteiger partial charge is 0.226 e. The molecule has 0 unspecified atom stereocenters. The molecule has 19 heavy (non-hydrogen) atoms. The number of nitrogens with two attached hydrogens (primary N) is 1. The summed E-state index contributed by atoms with van der Waals surface area (Å²) in [7, 11) is 0. The van der Waals surface area contributed by atoms with Gasteiger partial charge in [0.15, 0.2) is 5.78 Å². The summed E-state index contributed by atoms with van der Waals surface area (Å²) in [6.45, 7) is 1.63. The van der Waals surface area contributed by atoms with Crippen molar-refractivity contribution in [1.29, 1.82) is 5.26 Å². The van der Waals surface area contributed by atoms with E-state index in [1.807, 2.05) is 30.3 Å². The van der Waals surface area contributed by atoms with Gasteiger partial charge in [-0.3, -0.25) is 9.59 Å². The van der Waals surface area contributed by atoms with Gasteiger partial charge >= 0.3 is 0 Å². The second-order valence-electron chi connectivity index (χ2n) is 4.01. The number of hydrogen-bond acceptors (Lipinski definition) is 4. The molecule has 0 aromatic heterocycles. The van der Waals surface area contributed by atoms with E-state index in [1.54, 1.807) is 6.07 Å². The first-order chi connectivity index (χ1) is 9.04. The summed E-state index contributed by atoms with van der Waals surface area (Å²) < 4.78 is 0. The minimum absolute atomic E-state index is 0.000520. The zero-order chi connectivity index (χ0) is 14.3. The van der Waals surface area contributed by atoms with Crippen LogP contribution in [-0.4, -0.2) is 11.7 Å². The highest BCUT2D eigenvalue weighted by Gasteiger charge is 2.11. The number of allylic oxidation sites excluding steroid dienone is 1. The fourth-order valence-electron chi connectivity index (χ4n) is 1.50. The van der Waals surface area contributed by atoms with Crippen molar-refractivity contribution >= 4 is 11.7 Å². The topological polar surface area (TPSA) is 96.0 Å². The van der Waals surface area contributed by atoms with Crippen LogP contribution in [0.15, 0.2) is 41.6 Å². The monoisotopic (exact) mass is 257 g/mol. The van der Waals surface area contributed by atoms with E-state index in [9.17, 15) is 9.59 Å². The van der Waals surface area contributed by atoms with Gasteiger partial charge in [-0.05, 0) is 12.5 Å². The SMILES string of the molecule is CC(=O)/C(C#N)=C(\N)CC(=O)NCc1ccccc1. The number of carbonyl (C=O) groups is 2. The molecule has 0 radical (unpaired) electrons. The van der Waals surface area contributed by atoms with E-state index in [0.29, 0.717) is 6.54 Å². The number of rotatable bonds is 5. The van der Waals surface area contributed by atoms with Gasteiger partial charge in [-0.25, -0.2) is 0 Å². The van der Waals surface area contributed by atoms with Gasteiger partial charge in [0.25, 0.3) is 0 Å². The molecule has 0 aliphatic carbocycles. The summed E-state index contributed by atoms with van der Waals surface area (Å²) in [6, 6.07) is 11.1. The summed E-state index contributed by atoms with van der Waals surface area (Å²) in [6.07, 6.45) is -0.157. The number of nitrogens with one attached hydrogen (secondary N) is 1. The Morgan fingerprint density at radius 3 is 2.47 bits per heavy atom. The first-order valence-electron chi connectivity index (χ1n) is 5.75. The third-order valence-electron chi connectivity index (χ3n) is 2.47. The molecule has 1 aromatic carbocycles. The van der Waals surface area contributed by atoms with Gasteiger partial charge in [-0.2, -0.15) is 5.26 Å². The number of amides is 1. The summed E-state index contributed by atoms with van der Waals surface area (Å²) in [5.41, 5.74) is 6.38. The molecule has 0 aliphatic heterocycles. The number of carbonyl (C=O) groups excluding carboxylic acids is 2. The fourth-order valence-corrected chi connectivity index (χ4v) is 1.50. The Kier molecular flexibility index (Phi) is 5.30. The molecule has 0 fully saturated rings. The van der Waals surface area contributed by atoms with Crippen LogP contribution >= 0.6 is 0 Å². The van der Waals surface area contributed by atoms with Crippen LogP contribution in [0.5, 0.6) is 0 Å². The average Bonchev–Trinajstić information content (AvgIpc) is 2.38. The summed E-state index contributed by atoms with van der Waals surface area (Å²) in [4.78, 5) is 22.7. The van der Waals surface area contributed by atoms with Crippen LogP contribution in [0.3, 0.4) is 0 Å². The van der Waals surface area contributed by atoms with Crippen molar-refractivity contribution < 1.29 is 9.59 Å². The number of ketones is 1. The standard InChI is InChI=1S/C14H15N3O2/c1-10(18)12(8-15)13(16)7-14(19)17-9-11-5-3-2-4-6-11/h2-6H,7,9,16H2,1H3,(H,17,19)/b13-12-. The van der Waals surface area contributed by atoms with Crippen molar-refractivity contribution in [2.45, 2.75) is 19.9 Å². The lowest BCUT2D eigenvalue weighted by molar-refractivity contribution is -0.120. The minimum Gasteiger partial charge on any atom is -0.400 e. The van der Waals surface area contributed by atoms with E-state index < -0.39 is 5.78 Å². The second kappa shape index (κ2) is 6.97. The second-order valence-corrected chi connectivity index (χ2v) is 4.01. The predicted molar refractivity (Wildman–Crippen MR) is 70.4 cm³/mol. The average molecular weight is 257 g/mol. The number of nitrogens with zero attached hydrogens (tertiary/aromatic N) is 1. The molecular formula is C14H15N3O2. The van der Waals surface area contributed by atoms with Crippen LogP contribution in [0.4, 0.5) is 0 Å². The van der Waals surface area contributed by atoms with E-state index in [0.717, 1.165) is 5.56 Å². The quantitative estimate of drug-likeness (QED) is 0.608. The third-order valence-corrected chi connectivity index (χ3v) is 2.47. The molecule has 1 rings (SSSR count). The molecule has 0 spiro atoms. The maximum Gasteiger partial charge on any atom is 0.226 e. The zero-order valence-electron chi connectivity index (χ0n) is 10.6. The Morgan fingerprint density at radius 1 is 1.32 bits per heavy atom. The molecule has 1 amide bonds. The Morgan fingerprint density at radius 2 is 1.95 bits per heavy atom. The van der Waals surface area contributed by atoms with Gasteiger partial charge in [0.2, 0.25) is 5.91 Å². The van der Waals surface area contributed by atoms with Crippen LogP contribution in [0.2, 0.25) is 0 Å². The van der Waals surface area contributed by atoms with Crippen molar-refractivity contribution in [2.75, 3.05) is 0 Å². The van der Waals surface area contributed by atoms with Gasteiger partial charge in [-0.15, -0.1) is 0 Å².